The molecular formula is C17H22N4O2. The maximum absolute atomic E-state index is 11.9. The van der Waals surface area contributed by atoms with E-state index in [4.69, 9.17) is 10.5 Å². The summed E-state index contributed by atoms with van der Waals surface area (Å²) in [6.45, 7) is 5.06. The minimum absolute atomic E-state index is 0.279. The molecule has 1 amide bonds. The van der Waals surface area contributed by atoms with Crippen LogP contribution in [-0.2, 0) is 16.1 Å². The molecule has 2 aliphatic rings. The molecular weight excluding hydrogens is 292 g/mol. The predicted molar refractivity (Wildman–Crippen MR) is 85.4 cm³/mol. The summed E-state index contributed by atoms with van der Waals surface area (Å²) in [5, 5.41) is 9.19. The molecule has 0 bridgehead atoms. The molecule has 6 heteroatoms. The van der Waals surface area contributed by atoms with Crippen LogP contribution in [0.25, 0.3) is 0 Å². The van der Waals surface area contributed by atoms with E-state index in [1.54, 1.807) is 0 Å². The van der Waals surface area contributed by atoms with Gasteiger partial charge < -0.3 is 10.5 Å². The maximum Gasteiger partial charge on any atom is 0.240 e. The highest BCUT2D eigenvalue weighted by Crippen LogP contribution is 2.27. The van der Waals surface area contributed by atoms with Crippen LogP contribution >= 0.6 is 0 Å². The van der Waals surface area contributed by atoms with Crippen LogP contribution in [-0.4, -0.2) is 60.6 Å². The van der Waals surface area contributed by atoms with Gasteiger partial charge in [0, 0.05) is 45.8 Å². The number of amides is 1. The summed E-state index contributed by atoms with van der Waals surface area (Å²) in [7, 11) is 0. The highest BCUT2D eigenvalue weighted by molar-refractivity contribution is 5.85. The van der Waals surface area contributed by atoms with Crippen LogP contribution in [0.1, 0.15) is 17.5 Å². The van der Waals surface area contributed by atoms with Crippen molar-refractivity contribution in [3.8, 4) is 6.07 Å². The zero-order valence-electron chi connectivity index (χ0n) is 13.2. The van der Waals surface area contributed by atoms with Gasteiger partial charge in [0.1, 0.15) is 5.54 Å². The second-order valence-electron chi connectivity index (χ2n) is 6.23. The summed E-state index contributed by atoms with van der Waals surface area (Å²) < 4.78 is 5.44. The second kappa shape index (κ2) is 6.67. The van der Waals surface area contributed by atoms with Crippen molar-refractivity contribution < 1.29 is 9.53 Å². The van der Waals surface area contributed by atoms with E-state index in [0.29, 0.717) is 19.6 Å². The van der Waals surface area contributed by atoms with Crippen LogP contribution in [0.3, 0.4) is 0 Å². The van der Waals surface area contributed by atoms with Crippen LogP contribution in [0.15, 0.2) is 24.3 Å². The Hall–Kier alpha value is -1.94. The number of ether oxygens (including phenoxy) is 1. The van der Waals surface area contributed by atoms with Gasteiger partial charge in [0.2, 0.25) is 5.91 Å². The van der Waals surface area contributed by atoms with Gasteiger partial charge in [0.25, 0.3) is 0 Å². The summed E-state index contributed by atoms with van der Waals surface area (Å²) in [5.74, 6) is -0.279. The maximum atomic E-state index is 11.9. The van der Waals surface area contributed by atoms with Crippen LogP contribution in [0.2, 0.25) is 0 Å². The fourth-order valence-corrected chi connectivity index (χ4v) is 3.50. The molecule has 2 N–H and O–H groups in total. The summed E-state index contributed by atoms with van der Waals surface area (Å²) in [4.78, 5) is 16.4. The molecule has 1 atom stereocenters. The lowest BCUT2D eigenvalue weighted by molar-refractivity contribution is -0.132. The van der Waals surface area contributed by atoms with Crippen LogP contribution in [0, 0.1) is 11.3 Å². The molecule has 1 aromatic rings. The lowest BCUT2D eigenvalue weighted by atomic mass is 9.94. The third-order valence-corrected chi connectivity index (χ3v) is 4.97. The van der Waals surface area contributed by atoms with Gasteiger partial charge in [0.05, 0.1) is 18.2 Å². The Bertz CT molecular complexity index is 611. The third-order valence-electron chi connectivity index (χ3n) is 4.97. The fourth-order valence-electron chi connectivity index (χ4n) is 3.50. The molecule has 1 aromatic carbocycles. The molecule has 0 aliphatic carbocycles. The summed E-state index contributed by atoms with van der Waals surface area (Å²) >= 11 is 0. The number of hydrogen-bond donors (Lipinski definition) is 1. The largest absolute Gasteiger partial charge is 0.379 e. The Balaban J connectivity index is 1.63. The number of primary amides is 1. The molecule has 2 aliphatic heterocycles. The molecule has 122 valence electrons. The molecule has 1 unspecified atom stereocenters. The van der Waals surface area contributed by atoms with Crippen molar-refractivity contribution in [3.05, 3.63) is 35.4 Å². The lowest BCUT2D eigenvalue weighted by Crippen LogP contribution is -2.63. The predicted octanol–water partition coefficient (Wildman–Crippen LogP) is 0.320. The monoisotopic (exact) mass is 314 g/mol. The number of nitrogens with two attached hydrogens (primary N) is 1. The van der Waals surface area contributed by atoms with E-state index in [1.165, 1.54) is 0 Å². The van der Waals surface area contributed by atoms with Crippen LogP contribution < -0.4 is 5.73 Å². The smallest absolute Gasteiger partial charge is 0.240 e. The topological polar surface area (TPSA) is 82.6 Å². The Kier molecular flexibility index (Phi) is 4.62. The van der Waals surface area contributed by atoms with Gasteiger partial charge in [0.15, 0.2) is 0 Å². The number of carbonyl (C=O) groups is 1. The Labute approximate surface area is 136 Å². The van der Waals surface area contributed by atoms with E-state index in [-0.39, 0.29) is 5.91 Å². The van der Waals surface area contributed by atoms with Gasteiger partial charge in [-0.2, -0.15) is 5.26 Å². The average molecular weight is 314 g/mol. The van der Waals surface area contributed by atoms with Gasteiger partial charge in [-0.05, 0) is 11.6 Å². The van der Waals surface area contributed by atoms with Crippen molar-refractivity contribution in [3.63, 3.8) is 0 Å². The molecule has 2 fully saturated rings. The highest BCUT2D eigenvalue weighted by Gasteiger charge is 2.46. The fraction of sp³-hybridized carbons (Fsp3) is 0.529. The van der Waals surface area contributed by atoms with E-state index in [0.717, 1.165) is 43.9 Å². The molecule has 3 rings (SSSR count). The Morgan fingerprint density at radius 2 is 2.04 bits per heavy atom. The van der Waals surface area contributed by atoms with Crippen molar-refractivity contribution in [2.24, 2.45) is 5.73 Å². The van der Waals surface area contributed by atoms with E-state index in [2.05, 4.69) is 15.9 Å². The van der Waals surface area contributed by atoms with E-state index >= 15 is 0 Å². The quantitative estimate of drug-likeness (QED) is 0.865. The number of carbonyl (C=O) groups excluding carboxylic acids is 1. The molecule has 0 radical (unpaired) electrons. The van der Waals surface area contributed by atoms with E-state index in [9.17, 15) is 10.1 Å². The number of nitriles is 1. The van der Waals surface area contributed by atoms with Gasteiger partial charge in [-0.1, -0.05) is 18.2 Å². The van der Waals surface area contributed by atoms with Crippen molar-refractivity contribution in [2.45, 2.75) is 18.5 Å². The minimum atomic E-state index is -0.628. The summed E-state index contributed by atoms with van der Waals surface area (Å²) in [6.07, 6.45) is 0.680. The first-order chi connectivity index (χ1) is 11.2. The molecule has 2 heterocycles. The average Bonchev–Trinajstić information content (AvgIpc) is 3.07. The lowest BCUT2D eigenvalue weighted by Gasteiger charge is -2.43. The molecule has 0 saturated carbocycles. The third kappa shape index (κ3) is 3.08. The van der Waals surface area contributed by atoms with Crippen molar-refractivity contribution in [1.82, 2.24) is 9.80 Å². The van der Waals surface area contributed by atoms with E-state index < -0.39 is 5.54 Å². The molecule has 6 nitrogen and oxygen atoms in total. The second-order valence-corrected chi connectivity index (χ2v) is 6.23. The van der Waals surface area contributed by atoms with Crippen molar-refractivity contribution in [2.75, 3.05) is 39.4 Å². The summed E-state index contributed by atoms with van der Waals surface area (Å²) in [6, 6.07) is 9.94. The standard InChI is InChI=1S/C17H22N4O2/c18-11-14-3-1-2-4-15(14)12-20-6-8-21(9-7-20)17(16(19)22)5-10-23-13-17/h1-4H,5-10,12-13H2,(H2,19,22). The van der Waals surface area contributed by atoms with Gasteiger partial charge in [-0.15, -0.1) is 0 Å². The highest BCUT2D eigenvalue weighted by atomic mass is 16.5. The number of hydrogen-bond acceptors (Lipinski definition) is 5. The van der Waals surface area contributed by atoms with Crippen LogP contribution in [0.5, 0.6) is 0 Å². The minimum Gasteiger partial charge on any atom is -0.379 e. The zero-order valence-corrected chi connectivity index (χ0v) is 13.2. The Morgan fingerprint density at radius 1 is 1.30 bits per heavy atom. The SMILES string of the molecule is N#Cc1ccccc1CN1CCN(C2(C(N)=O)CCOC2)CC1. The van der Waals surface area contributed by atoms with Gasteiger partial charge >= 0.3 is 0 Å². The summed E-state index contributed by atoms with van der Waals surface area (Å²) in [5.41, 5.74) is 6.80. The zero-order chi connectivity index (χ0) is 16.3. The first-order valence-corrected chi connectivity index (χ1v) is 7.99. The van der Waals surface area contributed by atoms with Crippen molar-refractivity contribution >= 4 is 5.91 Å². The number of benzene rings is 1. The number of nitrogens with zero attached hydrogens (tertiary/aromatic N) is 3. The first-order valence-electron chi connectivity index (χ1n) is 7.99. The number of rotatable bonds is 4. The molecule has 23 heavy (non-hydrogen) atoms. The molecule has 2 saturated heterocycles. The normalized spacial score (nSPS) is 26.0. The Morgan fingerprint density at radius 3 is 2.65 bits per heavy atom. The van der Waals surface area contributed by atoms with Crippen LogP contribution in [0.4, 0.5) is 0 Å². The molecule has 0 spiro atoms. The molecule has 0 aromatic heterocycles. The van der Waals surface area contributed by atoms with Crippen molar-refractivity contribution in [1.29, 1.82) is 5.26 Å². The van der Waals surface area contributed by atoms with E-state index in [1.807, 2.05) is 24.3 Å². The first kappa shape index (κ1) is 15.9. The number of piperazine rings is 1. The van der Waals surface area contributed by atoms with Gasteiger partial charge in [-0.25, -0.2) is 0 Å². The van der Waals surface area contributed by atoms with Gasteiger partial charge in [-0.3, -0.25) is 14.6 Å².